The molecule has 0 aliphatic carbocycles. The summed E-state index contributed by atoms with van der Waals surface area (Å²) in [6.45, 7) is 5.83. The quantitative estimate of drug-likeness (QED) is 0.786. The Bertz CT molecular complexity index is 422. The first-order chi connectivity index (χ1) is 7.71. The highest BCUT2D eigenvalue weighted by Crippen LogP contribution is 2.45. The second-order valence-corrected chi connectivity index (χ2v) is 4.85. The topological polar surface area (TPSA) is 30.5 Å². The van der Waals surface area contributed by atoms with Crippen molar-refractivity contribution in [2.24, 2.45) is 0 Å². The van der Waals surface area contributed by atoms with E-state index in [4.69, 9.17) is 9.47 Å². The fourth-order valence-electron chi connectivity index (χ4n) is 2.86. The molecular weight excluding hydrogens is 202 g/mol. The Balaban J connectivity index is 2.15. The van der Waals surface area contributed by atoms with Gasteiger partial charge in [0.25, 0.3) is 0 Å². The van der Waals surface area contributed by atoms with Gasteiger partial charge < -0.3 is 14.8 Å². The predicted molar refractivity (Wildman–Crippen MR) is 61.9 cm³/mol. The molecule has 1 N–H and O–H groups in total. The molecule has 0 saturated carbocycles. The maximum Gasteiger partial charge on any atom is 0.231 e. The fraction of sp³-hybridized carbons (Fsp3) is 0.538. The van der Waals surface area contributed by atoms with Crippen LogP contribution in [0.25, 0.3) is 0 Å². The van der Waals surface area contributed by atoms with Crippen molar-refractivity contribution in [3.63, 3.8) is 0 Å². The summed E-state index contributed by atoms with van der Waals surface area (Å²) in [6, 6.07) is 4.12. The van der Waals surface area contributed by atoms with Gasteiger partial charge in [0, 0.05) is 11.1 Å². The lowest BCUT2D eigenvalue weighted by molar-refractivity contribution is 0.171. The van der Waals surface area contributed by atoms with Crippen LogP contribution in [-0.4, -0.2) is 13.3 Å². The molecule has 1 aromatic carbocycles. The lowest BCUT2D eigenvalue weighted by atomic mass is 9.86. The van der Waals surface area contributed by atoms with E-state index >= 15 is 0 Å². The summed E-state index contributed by atoms with van der Waals surface area (Å²) in [5.74, 6) is 1.83. The Kier molecular flexibility index (Phi) is 2.11. The molecule has 0 aromatic heterocycles. The van der Waals surface area contributed by atoms with Gasteiger partial charge in [-0.3, -0.25) is 0 Å². The maximum atomic E-state index is 5.63. The molecule has 3 nitrogen and oxygen atoms in total. The molecule has 1 unspecified atom stereocenters. The molecule has 1 fully saturated rings. The standard InChI is InChI=1S/C13H17NO2/c1-9-4-5-10-12(16-8-15-10)11(9)13(2)6-3-7-14-13/h4-5,14H,3,6-8H2,1-2H3. The molecule has 3 heteroatoms. The van der Waals surface area contributed by atoms with Gasteiger partial charge in [-0.2, -0.15) is 0 Å². The highest BCUT2D eigenvalue weighted by molar-refractivity contribution is 5.55. The summed E-state index contributed by atoms with van der Waals surface area (Å²) in [5.41, 5.74) is 2.60. The molecule has 1 saturated heterocycles. The van der Waals surface area contributed by atoms with Crippen LogP contribution in [-0.2, 0) is 5.54 Å². The lowest BCUT2D eigenvalue weighted by Crippen LogP contribution is -2.34. The van der Waals surface area contributed by atoms with Gasteiger partial charge in [-0.05, 0) is 44.9 Å². The van der Waals surface area contributed by atoms with Crippen molar-refractivity contribution >= 4 is 0 Å². The largest absolute Gasteiger partial charge is 0.454 e. The van der Waals surface area contributed by atoms with Gasteiger partial charge in [0.05, 0.1) is 0 Å². The number of fused-ring (bicyclic) bond motifs is 1. The smallest absolute Gasteiger partial charge is 0.231 e. The number of nitrogens with one attached hydrogen (secondary N) is 1. The number of hydrogen-bond acceptors (Lipinski definition) is 3. The average Bonchev–Trinajstić information content (AvgIpc) is 2.86. The van der Waals surface area contributed by atoms with Gasteiger partial charge in [-0.25, -0.2) is 0 Å². The van der Waals surface area contributed by atoms with Crippen LogP contribution in [0.4, 0.5) is 0 Å². The molecule has 1 aromatic rings. The van der Waals surface area contributed by atoms with Gasteiger partial charge in [-0.15, -0.1) is 0 Å². The number of benzene rings is 1. The molecular formula is C13H17NO2. The van der Waals surface area contributed by atoms with E-state index in [9.17, 15) is 0 Å². The fourth-order valence-corrected chi connectivity index (χ4v) is 2.86. The van der Waals surface area contributed by atoms with Crippen LogP contribution >= 0.6 is 0 Å². The third-order valence-electron chi connectivity index (χ3n) is 3.67. The minimum atomic E-state index is 0.0448. The van der Waals surface area contributed by atoms with Gasteiger partial charge in [0.2, 0.25) is 6.79 Å². The molecule has 2 heterocycles. The molecule has 0 bridgehead atoms. The lowest BCUT2D eigenvalue weighted by Gasteiger charge is -2.28. The normalized spacial score (nSPS) is 27.4. The van der Waals surface area contributed by atoms with Crippen LogP contribution < -0.4 is 14.8 Å². The third kappa shape index (κ3) is 1.31. The van der Waals surface area contributed by atoms with Crippen LogP contribution in [0, 0.1) is 6.92 Å². The van der Waals surface area contributed by atoms with Crippen LogP contribution in [0.2, 0.25) is 0 Å². The molecule has 16 heavy (non-hydrogen) atoms. The Hall–Kier alpha value is -1.22. The average molecular weight is 219 g/mol. The van der Waals surface area contributed by atoms with Crippen LogP contribution in [0.3, 0.4) is 0 Å². The highest BCUT2D eigenvalue weighted by atomic mass is 16.7. The Morgan fingerprint density at radius 2 is 2.19 bits per heavy atom. The van der Waals surface area contributed by atoms with Crippen molar-refractivity contribution in [2.75, 3.05) is 13.3 Å². The van der Waals surface area contributed by atoms with Gasteiger partial charge >= 0.3 is 0 Å². The Labute approximate surface area is 95.8 Å². The van der Waals surface area contributed by atoms with Crippen molar-refractivity contribution in [3.8, 4) is 11.5 Å². The van der Waals surface area contributed by atoms with Crippen molar-refractivity contribution in [1.82, 2.24) is 5.32 Å². The molecule has 3 rings (SSSR count). The Morgan fingerprint density at radius 3 is 2.94 bits per heavy atom. The summed E-state index contributed by atoms with van der Waals surface area (Å²) < 4.78 is 11.1. The molecule has 2 aliphatic rings. The monoisotopic (exact) mass is 219 g/mol. The maximum absolute atomic E-state index is 5.63. The van der Waals surface area contributed by atoms with Crippen LogP contribution in [0.15, 0.2) is 12.1 Å². The van der Waals surface area contributed by atoms with E-state index in [1.54, 1.807) is 0 Å². The summed E-state index contributed by atoms with van der Waals surface area (Å²) in [4.78, 5) is 0. The van der Waals surface area contributed by atoms with Crippen molar-refractivity contribution in [2.45, 2.75) is 32.2 Å². The van der Waals surface area contributed by atoms with Gasteiger partial charge in [0.1, 0.15) is 0 Å². The zero-order chi connectivity index (χ0) is 11.2. The first kappa shape index (κ1) is 9.97. The second kappa shape index (κ2) is 3.39. The van der Waals surface area contributed by atoms with Crippen LogP contribution in [0.1, 0.15) is 30.9 Å². The minimum absolute atomic E-state index is 0.0448. The van der Waals surface area contributed by atoms with Crippen LogP contribution in [0.5, 0.6) is 11.5 Å². The zero-order valence-electron chi connectivity index (χ0n) is 9.80. The van der Waals surface area contributed by atoms with Gasteiger partial charge in [-0.1, -0.05) is 6.07 Å². The third-order valence-corrected chi connectivity index (χ3v) is 3.67. The first-order valence-corrected chi connectivity index (χ1v) is 5.85. The SMILES string of the molecule is Cc1ccc2c(c1C1(C)CCCN1)OCO2. The van der Waals surface area contributed by atoms with E-state index in [1.165, 1.54) is 17.5 Å². The summed E-state index contributed by atoms with van der Waals surface area (Å²) >= 11 is 0. The molecule has 0 amide bonds. The minimum Gasteiger partial charge on any atom is -0.454 e. The van der Waals surface area contributed by atoms with E-state index in [2.05, 4.69) is 25.2 Å². The molecule has 0 radical (unpaired) electrons. The van der Waals surface area contributed by atoms with E-state index in [0.717, 1.165) is 24.5 Å². The van der Waals surface area contributed by atoms with Gasteiger partial charge in [0.15, 0.2) is 11.5 Å². The van der Waals surface area contributed by atoms with Crippen molar-refractivity contribution in [1.29, 1.82) is 0 Å². The molecule has 1 atom stereocenters. The Morgan fingerprint density at radius 1 is 1.31 bits per heavy atom. The van der Waals surface area contributed by atoms with E-state index in [0.29, 0.717) is 6.79 Å². The van der Waals surface area contributed by atoms with E-state index < -0.39 is 0 Å². The summed E-state index contributed by atoms with van der Waals surface area (Å²) in [6.07, 6.45) is 2.38. The second-order valence-electron chi connectivity index (χ2n) is 4.85. The number of ether oxygens (including phenoxy) is 2. The molecule has 2 aliphatic heterocycles. The number of hydrogen-bond donors (Lipinski definition) is 1. The van der Waals surface area contributed by atoms with E-state index in [-0.39, 0.29) is 5.54 Å². The van der Waals surface area contributed by atoms with Crippen molar-refractivity contribution in [3.05, 3.63) is 23.3 Å². The molecule has 86 valence electrons. The summed E-state index contributed by atoms with van der Waals surface area (Å²) in [5, 5.41) is 3.58. The van der Waals surface area contributed by atoms with E-state index in [1.807, 2.05) is 6.07 Å². The number of rotatable bonds is 1. The molecule has 0 spiro atoms. The summed E-state index contributed by atoms with van der Waals surface area (Å²) in [7, 11) is 0. The highest BCUT2D eigenvalue weighted by Gasteiger charge is 2.36. The zero-order valence-corrected chi connectivity index (χ0v) is 9.80. The predicted octanol–water partition coefficient (Wildman–Crippen LogP) is 2.32. The van der Waals surface area contributed by atoms with Crippen molar-refractivity contribution < 1.29 is 9.47 Å². The number of aryl methyl sites for hydroxylation is 1. The first-order valence-electron chi connectivity index (χ1n) is 5.85.